The molecule has 0 saturated heterocycles. The second-order valence-electron chi connectivity index (χ2n) is 14.5. The SMILES string of the molecule is c1ccc(-c2ccccc2-c2cccc(N(c3ccc(-c4ccc5oc6ccccc6c5c4)cc3)c3ccc4c5ccccc5c5ccccc5c4c3)c2)cc1. The van der Waals surface area contributed by atoms with Gasteiger partial charge in [0.25, 0.3) is 0 Å². The van der Waals surface area contributed by atoms with Gasteiger partial charge in [0.15, 0.2) is 0 Å². The van der Waals surface area contributed by atoms with E-state index in [9.17, 15) is 0 Å². The zero-order chi connectivity index (χ0) is 37.0. The molecular weight excluding hydrogens is 679 g/mol. The zero-order valence-electron chi connectivity index (χ0n) is 30.6. The fraction of sp³-hybridized carbons (Fsp3) is 0. The summed E-state index contributed by atoms with van der Waals surface area (Å²) in [6.45, 7) is 0. The van der Waals surface area contributed by atoms with E-state index in [2.05, 4.69) is 205 Å². The Bertz CT molecular complexity index is 3210. The smallest absolute Gasteiger partial charge is 0.135 e. The lowest BCUT2D eigenvalue weighted by Gasteiger charge is -2.27. The quantitative estimate of drug-likeness (QED) is 0.160. The molecule has 1 heterocycles. The summed E-state index contributed by atoms with van der Waals surface area (Å²) < 4.78 is 6.14. The van der Waals surface area contributed by atoms with Crippen LogP contribution in [0.4, 0.5) is 17.1 Å². The number of hydrogen-bond acceptors (Lipinski definition) is 2. The Morgan fingerprint density at radius 2 is 0.768 bits per heavy atom. The van der Waals surface area contributed by atoms with Crippen LogP contribution in [0, 0.1) is 0 Å². The van der Waals surface area contributed by atoms with Gasteiger partial charge in [-0.2, -0.15) is 0 Å². The van der Waals surface area contributed by atoms with Crippen molar-refractivity contribution >= 4 is 71.3 Å². The van der Waals surface area contributed by atoms with Crippen LogP contribution in [0.25, 0.3) is 87.6 Å². The van der Waals surface area contributed by atoms with E-state index in [-0.39, 0.29) is 0 Å². The standard InChI is InChI=1S/C54H35NO/c1-2-13-37(14-3-1)43-17-4-5-18-44(43)39-15-12-16-41(33-39)55(42-30-31-49-47-21-7-6-19-45(47)46-20-8-9-22-48(46)51(49)35-42)40-28-25-36(26-29-40)38-27-32-54-52(34-38)50-23-10-11-24-53(50)56-54/h1-35H. The summed E-state index contributed by atoms with van der Waals surface area (Å²) in [5.74, 6) is 0. The van der Waals surface area contributed by atoms with Crippen LogP contribution in [-0.2, 0) is 0 Å². The van der Waals surface area contributed by atoms with E-state index < -0.39 is 0 Å². The number of furan rings is 1. The highest BCUT2D eigenvalue weighted by Crippen LogP contribution is 2.43. The van der Waals surface area contributed by atoms with E-state index in [4.69, 9.17) is 4.42 Å². The van der Waals surface area contributed by atoms with Crippen LogP contribution in [0.3, 0.4) is 0 Å². The Kier molecular flexibility index (Phi) is 7.53. The summed E-state index contributed by atoms with van der Waals surface area (Å²) >= 11 is 0. The van der Waals surface area contributed by atoms with E-state index in [0.29, 0.717) is 0 Å². The first-order chi connectivity index (χ1) is 27.8. The maximum Gasteiger partial charge on any atom is 0.135 e. The van der Waals surface area contributed by atoms with Crippen molar-refractivity contribution < 1.29 is 4.42 Å². The van der Waals surface area contributed by atoms with Crippen molar-refractivity contribution in [3.63, 3.8) is 0 Å². The highest BCUT2D eigenvalue weighted by molar-refractivity contribution is 6.25. The number of benzene rings is 10. The highest BCUT2D eigenvalue weighted by Gasteiger charge is 2.18. The van der Waals surface area contributed by atoms with E-state index in [1.165, 1.54) is 54.6 Å². The van der Waals surface area contributed by atoms with E-state index in [1.807, 2.05) is 12.1 Å². The summed E-state index contributed by atoms with van der Waals surface area (Å²) in [5, 5.41) is 9.84. The topological polar surface area (TPSA) is 16.4 Å². The summed E-state index contributed by atoms with van der Waals surface area (Å²) in [4.78, 5) is 2.40. The lowest BCUT2D eigenvalue weighted by Crippen LogP contribution is -2.10. The van der Waals surface area contributed by atoms with E-state index in [0.717, 1.165) is 50.1 Å². The molecule has 10 aromatic carbocycles. The Labute approximate surface area is 325 Å². The van der Waals surface area contributed by atoms with Crippen LogP contribution in [0.15, 0.2) is 217 Å². The molecule has 2 heteroatoms. The molecule has 0 unspecified atom stereocenters. The van der Waals surface area contributed by atoms with Gasteiger partial charge >= 0.3 is 0 Å². The zero-order valence-corrected chi connectivity index (χ0v) is 30.6. The molecule has 0 aliphatic rings. The van der Waals surface area contributed by atoms with Crippen molar-refractivity contribution in [3.8, 4) is 33.4 Å². The molecule has 1 aromatic heterocycles. The molecule has 0 atom stereocenters. The number of rotatable bonds is 6. The van der Waals surface area contributed by atoms with Crippen molar-refractivity contribution in [1.82, 2.24) is 0 Å². The van der Waals surface area contributed by atoms with Gasteiger partial charge in [0, 0.05) is 27.8 Å². The number of anilines is 3. The molecule has 262 valence electrons. The fourth-order valence-electron chi connectivity index (χ4n) is 8.61. The van der Waals surface area contributed by atoms with Crippen molar-refractivity contribution in [2.45, 2.75) is 0 Å². The summed E-state index contributed by atoms with van der Waals surface area (Å²) in [6, 6.07) is 76.6. The molecule has 0 spiro atoms. The predicted molar refractivity (Wildman–Crippen MR) is 237 cm³/mol. The Hall–Kier alpha value is -7.42. The molecule has 0 aliphatic heterocycles. The Morgan fingerprint density at radius 1 is 0.250 bits per heavy atom. The molecular formula is C54H35NO. The highest BCUT2D eigenvalue weighted by atomic mass is 16.3. The molecule has 0 saturated carbocycles. The molecule has 2 nitrogen and oxygen atoms in total. The van der Waals surface area contributed by atoms with Crippen molar-refractivity contribution in [3.05, 3.63) is 212 Å². The lowest BCUT2D eigenvalue weighted by atomic mass is 9.93. The second kappa shape index (κ2) is 13.2. The number of hydrogen-bond donors (Lipinski definition) is 0. The van der Waals surface area contributed by atoms with Gasteiger partial charge in [-0.15, -0.1) is 0 Å². The van der Waals surface area contributed by atoms with Crippen LogP contribution >= 0.6 is 0 Å². The van der Waals surface area contributed by atoms with Crippen molar-refractivity contribution in [2.24, 2.45) is 0 Å². The molecule has 0 fully saturated rings. The predicted octanol–water partition coefficient (Wildman–Crippen LogP) is 15.5. The number of fused-ring (bicyclic) bond motifs is 9. The molecule has 11 aromatic rings. The summed E-state index contributed by atoms with van der Waals surface area (Å²) in [6.07, 6.45) is 0. The van der Waals surface area contributed by atoms with Crippen LogP contribution < -0.4 is 4.90 Å². The van der Waals surface area contributed by atoms with Gasteiger partial charge in [0.1, 0.15) is 11.2 Å². The average Bonchev–Trinajstić information content (AvgIpc) is 3.65. The minimum Gasteiger partial charge on any atom is -0.456 e. The minimum atomic E-state index is 0.906. The van der Waals surface area contributed by atoms with Gasteiger partial charge in [-0.1, -0.05) is 158 Å². The van der Waals surface area contributed by atoms with E-state index in [1.54, 1.807) is 0 Å². The fourth-order valence-corrected chi connectivity index (χ4v) is 8.61. The summed E-state index contributed by atoms with van der Waals surface area (Å²) in [7, 11) is 0. The normalized spacial score (nSPS) is 11.6. The molecule has 56 heavy (non-hydrogen) atoms. The molecule has 0 N–H and O–H groups in total. The average molecular weight is 714 g/mol. The lowest BCUT2D eigenvalue weighted by molar-refractivity contribution is 0.669. The van der Waals surface area contributed by atoms with Gasteiger partial charge < -0.3 is 9.32 Å². The molecule has 0 radical (unpaired) electrons. The largest absolute Gasteiger partial charge is 0.456 e. The molecule has 11 rings (SSSR count). The minimum absolute atomic E-state index is 0.906. The van der Waals surface area contributed by atoms with Crippen molar-refractivity contribution in [1.29, 1.82) is 0 Å². The van der Waals surface area contributed by atoms with Gasteiger partial charge in [-0.3, -0.25) is 0 Å². The van der Waals surface area contributed by atoms with Crippen LogP contribution in [0.1, 0.15) is 0 Å². The van der Waals surface area contributed by atoms with Gasteiger partial charge in [0.05, 0.1) is 0 Å². The first kappa shape index (κ1) is 32.0. The van der Waals surface area contributed by atoms with E-state index >= 15 is 0 Å². The third kappa shape index (κ3) is 5.34. The maximum absolute atomic E-state index is 6.14. The molecule has 0 aliphatic carbocycles. The molecule has 0 amide bonds. The monoisotopic (exact) mass is 713 g/mol. The third-order valence-corrected chi connectivity index (χ3v) is 11.2. The van der Waals surface area contributed by atoms with Crippen LogP contribution in [-0.4, -0.2) is 0 Å². The third-order valence-electron chi connectivity index (χ3n) is 11.2. The molecule has 0 bridgehead atoms. The first-order valence-corrected chi connectivity index (χ1v) is 19.2. The van der Waals surface area contributed by atoms with Gasteiger partial charge in [-0.05, 0) is 120 Å². The van der Waals surface area contributed by atoms with Crippen molar-refractivity contribution in [2.75, 3.05) is 4.90 Å². The number of para-hydroxylation sites is 1. The second-order valence-corrected chi connectivity index (χ2v) is 14.5. The van der Waals surface area contributed by atoms with Crippen LogP contribution in [0.2, 0.25) is 0 Å². The maximum atomic E-state index is 6.14. The van der Waals surface area contributed by atoms with Gasteiger partial charge in [-0.25, -0.2) is 0 Å². The number of nitrogens with zero attached hydrogens (tertiary/aromatic N) is 1. The Balaban J connectivity index is 1.08. The Morgan fingerprint density at radius 3 is 1.50 bits per heavy atom. The van der Waals surface area contributed by atoms with Crippen LogP contribution in [0.5, 0.6) is 0 Å². The summed E-state index contributed by atoms with van der Waals surface area (Å²) in [5.41, 5.74) is 12.2. The van der Waals surface area contributed by atoms with Gasteiger partial charge in [0.2, 0.25) is 0 Å². The first-order valence-electron chi connectivity index (χ1n) is 19.2.